The number of carbonyl (C=O) groups is 2. The summed E-state index contributed by atoms with van der Waals surface area (Å²) in [5.41, 5.74) is -2.10. The van der Waals surface area contributed by atoms with Gasteiger partial charge in [-0.2, -0.15) is 0 Å². The first kappa shape index (κ1) is 12.9. The molecule has 0 spiro atoms. The van der Waals surface area contributed by atoms with Gasteiger partial charge in [-0.1, -0.05) is 13.8 Å². The Morgan fingerprint density at radius 2 is 1.71 bits per heavy atom. The molecular formula is C9H16O5. The molecule has 0 radical (unpaired) electrons. The van der Waals surface area contributed by atoms with E-state index in [1.165, 1.54) is 6.92 Å². The van der Waals surface area contributed by atoms with Crippen LogP contribution in [0, 0.1) is 0 Å². The third kappa shape index (κ3) is 2.45. The van der Waals surface area contributed by atoms with Gasteiger partial charge in [0, 0.05) is 0 Å². The van der Waals surface area contributed by atoms with Crippen molar-refractivity contribution in [1.82, 2.24) is 0 Å². The van der Waals surface area contributed by atoms with Crippen LogP contribution in [0.2, 0.25) is 0 Å². The van der Waals surface area contributed by atoms with Gasteiger partial charge in [0.15, 0.2) is 0 Å². The summed E-state index contributed by atoms with van der Waals surface area (Å²) in [6, 6.07) is 0. The van der Waals surface area contributed by atoms with Crippen molar-refractivity contribution in [2.45, 2.75) is 45.3 Å². The summed E-state index contributed by atoms with van der Waals surface area (Å²) in [6.45, 7) is 4.93. The number of hydrogen-bond donors (Lipinski definition) is 2. The van der Waals surface area contributed by atoms with Gasteiger partial charge in [-0.25, -0.2) is 9.59 Å². The predicted molar refractivity (Wildman–Crippen MR) is 49.1 cm³/mol. The first-order valence-electron chi connectivity index (χ1n) is 4.55. The van der Waals surface area contributed by atoms with Crippen LogP contribution in [0.5, 0.6) is 0 Å². The molecule has 0 bridgehead atoms. The lowest BCUT2D eigenvalue weighted by molar-refractivity contribution is -0.190. The van der Waals surface area contributed by atoms with Crippen LogP contribution < -0.4 is 0 Å². The van der Waals surface area contributed by atoms with Crippen molar-refractivity contribution in [1.29, 1.82) is 0 Å². The molecule has 82 valence electrons. The minimum absolute atomic E-state index is 0.0952. The van der Waals surface area contributed by atoms with Crippen LogP contribution in [0.4, 0.5) is 0 Å². The largest absolute Gasteiger partial charge is 0.479 e. The Balaban J connectivity index is 4.86. The van der Waals surface area contributed by atoms with E-state index >= 15 is 0 Å². The minimum Gasteiger partial charge on any atom is -0.479 e. The number of hydrogen-bond acceptors (Lipinski definition) is 3. The van der Waals surface area contributed by atoms with Crippen LogP contribution in [-0.4, -0.2) is 33.9 Å². The van der Waals surface area contributed by atoms with E-state index in [2.05, 4.69) is 0 Å². The maximum absolute atomic E-state index is 10.8. The lowest BCUT2D eigenvalue weighted by Crippen LogP contribution is -2.50. The molecule has 0 aromatic carbocycles. The molecule has 0 saturated carbocycles. The molecule has 0 saturated heterocycles. The van der Waals surface area contributed by atoms with E-state index < -0.39 is 17.5 Å². The highest BCUT2D eigenvalue weighted by Gasteiger charge is 2.47. The molecule has 5 heteroatoms. The van der Waals surface area contributed by atoms with Crippen molar-refractivity contribution in [2.75, 3.05) is 0 Å². The normalized spacial score (nSPS) is 13.6. The first-order valence-corrected chi connectivity index (χ1v) is 4.55. The number of ether oxygens (including phenoxy) is 1. The van der Waals surface area contributed by atoms with Crippen LogP contribution in [-0.2, 0) is 14.3 Å². The van der Waals surface area contributed by atoms with Crippen LogP contribution in [0.3, 0.4) is 0 Å². The highest BCUT2D eigenvalue weighted by Crippen LogP contribution is 2.20. The standard InChI is InChI=1S/C9H16O5/c1-4-6(3)14-9(5-2,7(10)11)8(12)13/h6H,4-5H2,1-3H3,(H,10,11)(H,12,13). The average molecular weight is 204 g/mol. The maximum Gasteiger partial charge on any atom is 0.347 e. The van der Waals surface area contributed by atoms with Gasteiger partial charge in [0.2, 0.25) is 0 Å². The number of aliphatic carboxylic acids is 2. The second-order valence-corrected chi connectivity index (χ2v) is 3.13. The first-order chi connectivity index (χ1) is 6.40. The number of carboxylic acid groups (broad SMARTS) is 2. The molecule has 0 rings (SSSR count). The highest BCUT2D eigenvalue weighted by molar-refractivity contribution is 6.01. The summed E-state index contributed by atoms with van der Waals surface area (Å²) in [4.78, 5) is 21.7. The fourth-order valence-electron chi connectivity index (χ4n) is 1.00. The number of rotatable bonds is 6. The molecule has 1 atom stereocenters. The van der Waals surface area contributed by atoms with E-state index in [0.29, 0.717) is 6.42 Å². The lowest BCUT2D eigenvalue weighted by Gasteiger charge is -2.26. The Morgan fingerprint density at radius 1 is 1.29 bits per heavy atom. The van der Waals surface area contributed by atoms with E-state index in [0.717, 1.165) is 0 Å². The van der Waals surface area contributed by atoms with E-state index in [1.807, 2.05) is 0 Å². The fourth-order valence-corrected chi connectivity index (χ4v) is 1.00. The Hall–Kier alpha value is -1.10. The molecule has 0 aromatic heterocycles. The van der Waals surface area contributed by atoms with Crippen LogP contribution in [0.1, 0.15) is 33.6 Å². The van der Waals surface area contributed by atoms with E-state index in [4.69, 9.17) is 14.9 Å². The maximum atomic E-state index is 10.8. The zero-order valence-electron chi connectivity index (χ0n) is 8.61. The molecule has 0 fully saturated rings. The van der Waals surface area contributed by atoms with Gasteiger partial charge >= 0.3 is 11.9 Å². The van der Waals surface area contributed by atoms with Gasteiger partial charge in [-0.3, -0.25) is 0 Å². The minimum atomic E-state index is -2.10. The topological polar surface area (TPSA) is 83.8 Å². The highest BCUT2D eigenvalue weighted by atomic mass is 16.6. The Morgan fingerprint density at radius 3 is 1.93 bits per heavy atom. The molecule has 14 heavy (non-hydrogen) atoms. The van der Waals surface area contributed by atoms with Crippen molar-refractivity contribution in [3.8, 4) is 0 Å². The molecule has 0 aliphatic carbocycles. The predicted octanol–water partition coefficient (Wildman–Crippen LogP) is 1.12. The SMILES string of the molecule is CCC(C)OC(CC)(C(=O)O)C(=O)O. The summed E-state index contributed by atoms with van der Waals surface area (Å²) in [7, 11) is 0. The van der Waals surface area contributed by atoms with E-state index in [-0.39, 0.29) is 12.5 Å². The van der Waals surface area contributed by atoms with Crippen molar-refractivity contribution >= 4 is 11.9 Å². The summed E-state index contributed by atoms with van der Waals surface area (Å²) in [5.74, 6) is -2.90. The molecule has 0 aromatic rings. The quantitative estimate of drug-likeness (QED) is 0.633. The zero-order valence-corrected chi connectivity index (χ0v) is 8.61. The summed E-state index contributed by atoms with van der Waals surface area (Å²) in [6.07, 6.45) is 0.0896. The molecule has 1 unspecified atom stereocenters. The average Bonchev–Trinajstić information content (AvgIpc) is 2.12. The second kappa shape index (κ2) is 4.95. The zero-order chi connectivity index (χ0) is 11.4. The van der Waals surface area contributed by atoms with Gasteiger partial charge in [0.05, 0.1) is 6.10 Å². The van der Waals surface area contributed by atoms with E-state index in [1.54, 1.807) is 13.8 Å². The molecule has 0 aliphatic rings. The third-order valence-corrected chi connectivity index (χ3v) is 2.17. The Bertz CT molecular complexity index is 209. The molecule has 0 aliphatic heterocycles. The van der Waals surface area contributed by atoms with Gasteiger partial charge in [-0.15, -0.1) is 0 Å². The summed E-state index contributed by atoms with van der Waals surface area (Å²) < 4.78 is 5.06. The summed E-state index contributed by atoms with van der Waals surface area (Å²) in [5, 5.41) is 17.7. The van der Waals surface area contributed by atoms with Gasteiger partial charge in [0.1, 0.15) is 0 Å². The lowest BCUT2D eigenvalue weighted by atomic mass is 10.0. The monoisotopic (exact) mass is 204 g/mol. The molecule has 5 nitrogen and oxygen atoms in total. The smallest absolute Gasteiger partial charge is 0.347 e. The molecule has 0 heterocycles. The van der Waals surface area contributed by atoms with Gasteiger partial charge in [-0.05, 0) is 19.8 Å². The molecule has 0 amide bonds. The Labute approximate surface area is 82.7 Å². The van der Waals surface area contributed by atoms with Crippen LogP contribution in [0.15, 0.2) is 0 Å². The van der Waals surface area contributed by atoms with Crippen molar-refractivity contribution < 1.29 is 24.5 Å². The van der Waals surface area contributed by atoms with Crippen molar-refractivity contribution in [2.24, 2.45) is 0 Å². The van der Waals surface area contributed by atoms with Gasteiger partial charge < -0.3 is 14.9 Å². The molecular weight excluding hydrogens is 188 g/mol. The second-order valence-electron chi connectivity index (χ2n) is 3.13. The third-order valence-electron chi connectivity index (χ3n) is 2.17. The van der Waals surface area contributed by atoms with Crippen LogP contribution in [0.25, 0.3) is 0 Å². The van der Waals surface area contributed by atoms with E-state index in [9.17, 15) is 9.59 Å². The van der Waals surface area contributed by atoms with Crippen molar-refractivity contribution in [3.05, 3.63) is 0 Å². The summed E-state index contributed by atoms with van der Waals surface area (Å²) >= 11 is 0. The fraction of sp³-hybridized carbons (Fsp3) is 0.778. The number of carboxylic acids is 2. The van der Waals surface area contributed by atoms with Gasteiger partial charge in [0.25, 0.3) is 5.60 Å². The Kier molecular flexibility index (Phi) is 4.56. The van der Waals surface area contributed by atoms with Crippen molar-refractivity contribution in [3.63, 3.8) is 0 Å². The van der Waals surface area contributed by atoms with Crippen LogP contribution >= 0.6 is 0 Å². The molecule has 2 N–H and O–H groups in total.